The first-order chi connectivity index (χ1) is 12.6. The van der Waals surface area contributed by atoms with E-state index >= 15 is 0 Å². The summed E-state index contributed by atoms with van der Waals surface area (Å²) in [5.74, 6) is 1.06. The van der Waals surface area contributed by atoms with Crippen molar-refractivity contribution in [2.45, 2.75) is 39.0 Å². The molecule has 2 aromatic carbocycles. The van der Waals surface area contributed by atoms with Crippen LogP contribution in [0.4, 0.5) is 11.4 Å². The maximum absolute atomic E-state index is 12.3. The van der Waals surface area contributed by atoms with Crippen LogP contribution >= 0.6 is 0 Å². The first-order valence-corrected chi connectivity index (χ1v) is 9.50. The molecule has 0 unspecified atom stereocenters. The van der Waals surface area contributed by atoms with Crippen LogP contribution < -0.4 is 15.0 Å². The lowest BCUT2D eigenvalue weighted by molar-refractivity contribution is -0.118. The first kappa shape index (κ1) is 18.3. The van der Waals surface area contributed by atoms with Gasteiger partial charge in [0.2, 0.25) is 0 Å². The van der Waals surface area contributed by atoms with Gasteiger partial charge in [0.15, 0.2) is 6.61 Å². The van der Waals surface area contributed by atoms with Crippen LogP contribution in [0, 0.1) is 0 Å². The minimum Gasteiger partial charge on any atom is -0.484 e. The second-order valence-corrected chi connectivity index (χ2v) is 7.13. The highest BCUT2D eigenvalue weighted by Gasteiger charge is 2.15. The van der Waals surface area contributed by atoms with E-state index in [0.29, 0.717) is 11.7 Å². The molecule has 1 aliphatic rings. The summed E-state index contributed by atoms with van der Waals surface area (Å²) in [6.07, 6.45) is 3.70. The van der Waals surface area contributed by atoms with E-state index in [0.717, 1.165) is 24.5 Å². The van der Waals surface area contributed by atoms with Gasteiger partial charge in [-0.25, -0.2) is 0 Å². The molecule has 26 heavy (non-hydrogen) atoms. The van der Waals surface area contributed by atoms with Crippen molar-refractivity contribution in [3.05, 3.63) is 54.1 Å². The lowest BCUT2D eigenvalue weighted by Gasteiger charge is -2.30. The topological polar surface area (TPSA) is 41.6 Å². The second kappa shape index (κ2) is 8.75. The largest absolute Gasteiger partial charge is 0.484 e. The summed E-state index contributed by atoms with van der Waals surface area (Å²) < 4.78 is 5.63. The molecular formula is C22H28N2O2. The monoisotopic (exact) mass is 352 g/mol. The van der Waals surface area contributed by atoms with Crippen molar-refractivity contribution in [3.63, 3.8) is 0 Å². The van der Waals surface area contributed by atoms with Crippen LogP contribution in [0.5, 0.6) is 5.75 Å². The summed E-state index contributed by atoms with van der Waals surface area (Å²) in [4.78, 5) is 14.7. The maximum atomic E-state index is 12.3. The Balaban J connectivity index is 1.58. The molecule has 0 aliphatic carbocycles. The number of carbonyl (C=O) groups excluding carboxylic acids is 1. The highest BCUT2D eigenvalue weighted by molar-refractivity contribution is 5.95. The van der Waals surface area contributed by atoms with Crippen LogP contribution in [-0.2, 0) is 4.79 Å². The Labute approximate surface area is 156 Å². The molecule has 0 aromatic heterocycles. The predicted octanol–water partition coefficient (Wildman–Crippen LogP) is 4.82. The van der Waals surface area contributed by atoms with Gasteiger partial charge in [-0.05, 0) is 55.0 Å². The number of hydrogen-bond acceptors (Lipinski definition) is 3. The zero-order valence-corrected chi connectivity index (χ0v) is 15.7. The normalized spacial score (nSPS) is 14.3. The number of carbonyl (C=O) groups is 1. The van der Waals surface area contributed by atoms with Crippen molar-refractivity contribution in [1.82, 2.24) is 0 Å². The third kappa shape index (κ3) is 4.78. The highest BCUT2D eigenvalue weighted by Crippen LogP contribution is 2.28. The zero-order valence-electron chi connectivity index (χ0n) is 15.7. The maximum Gasteiger partial charge on any atom is 0.262 e. The number of benzene rings is 2. The molecule has 1 N–H and O–H groups in total. The van der Waals surface area contributed by atoms with Gasteiger partial charge in [-0.2, -0.15) is 0 Å². The molecule has 1 fully saturated rings. The van der Waals surface area contributed by atoms with Crippen LogP contribution in [0.1, 0.15) is 44.6 Å². The van der Waals surface area contributed by atoms with Gasteiger partial charge in [0.25, 0.3) is 5.91 Å². The number of anilines is 2. The summed E-state index contributed by atoms with van der Waals surface area (Å²) in [5, 5.41) is 3.00. The molecule has 0 bridgehead atoms. The van der Waals surface area contributed by atoms with Crippen LogP contribution in [0.3, 0.4) is 0 Å². The number of nitrogens with zero attached hydrogens (tertiary/aromatic N) is 1. The third-order valence-electron chi connectivity index (χ3n) is 4.79. The lowest BCUT2D eigenvalue weighted by atomic mass is 10.0. The van der Waals surface area contributed by atoms with Gasteiger partial charge in [-0.1, -0.05) is 38.1 Å². The molecule has 1 aliphatic heterocycles. The molecule has 0 saturated carbocycles. The minimum absolute atomic E-state index is 0.00929. The average Bonchev–Trinajstić information content (AvgIpc) is 2.68. The number of para-hydroxylation sites is 2. The van der Waals surface area contributed by atoms with Crippen LogP contribution in [-0.4, -0.2) is 25.6 Å². The van der Waals surface area contributed by atoms with E-state index in [1.165, 1.54) is 24.8 Å². The van der Waals surface area contributed by atoms with Gasteiger partial charge in [0.05, 0.1) is 11.4 Å². The summed E-state index contributed by atoms with van der Waals surface area (Å²) in [5.41, 5.74) is 3.22. The Morgan fingerprint density at radius 1 is 1.04 bits per heavy atom. The molecule has 2 aromatic rings. The number of ether oxygens (including phenoxy) is 1. The van der Waals surface area contributed by atoms with E-state index in [9.17, 15) is 4.79 Å². The van der Waals surface area contributed by atoms with Crippen molar-refractivity contribution in [1.29, 1.82) is 0 Å². The molecule has 3 rings (SSSR count). The Kier molecular flexibility index (Phi) is 6.16. The second-order valence-electron chi connectivity index (χ2n) is 7.13. The summed E-state index contributed by atoms with van der Waals surface area (Å²) >= 11 is 0. The Bertz CT molecular complexity index is 719. The van der Waals surface area contributed by atoms with Gasteiger partial charge in [-0.15, -0.1) is 0 Å². The smallest absolute Gasteiger partial charge is 0.262 e. The van der Waals surface area contributed by atoms with Crippen molar-refractivity contribution in [2.75, 3.05) is 29.9 Å². The van der Waals surface area contributed by atoms with Crippen LogP contribution in [0.25, 0.3) is 0 Å². The van der Waals surface area contributed by atoms with Crippen molar-refractivity contribution < 1.29 is 9.53 Å². The third-order valence-corrected chi connectivity index (χ3v) is 4.79. The SMILES string of the molecule is CC(C)c1ccc(OCC(=O)Nc2ccccc2N2CCCCC2)cc1. The molecule has 4 nitrogen and oxygen atoms in total. The number of hydrogen-bond donors (Lipinski definition) is 1. The summed E-state index contributed by atoms with van der Waals surface area (Å²) in [6, 6.07) is 15.9. The molecule has 1 saturated heterocycles. The van der Waals surface area contributed by atoms with Gasteiger partial charge >= 0.3 is 0 Å². The van der Waals surface area contributed by atoms with Gasteiger partial charge in [0, 0.05) is 13.1 Å². The molecule has 0 radical (unpaired) electrons. The van der Waals surface area contributed by atoms with E-state index in [-0.39, 0.29) is 12.5 Å². The van der Waals surface area contributed by atoms with E-state index in [1.54, 1.807) is 0 Å². The molecule has 0 spiro atoms. The molecule has 0 atom stereocenters. The van der Waals surface area contributed by atoms with Crippen molar-refractivity contribution >= 4 is 17.3 Å². The Morgan fingerprint density at radius 2 is 1.73 bits per heavy atom. The van der Waals surface area contributed by atoms with Gasteiger partial charge in [0.1, 0.15) is 5.75 Å². The van der Waals surface area contributed by atoms with E-state index in [4.69, 9.17) is 4.74 Å². The molecule has 1 amide bonds. The van der Waals surface area contributed by atoms with Crippen molar-refractivity contribution in [2.24, 2.45) is 0 Å². The number of rotatable bonds is 6. The molecule has 1 heterocycles. The first-order valence-electron chi connectivity index (χ1n) is 9.50. The average molecular weight is 352 g/mol. The van der Waals surface area contributed by atoms with Crippen LogP contribution in [0.2, 0.25) is 0 Å². The quantitative estimate of drug-likeness (QED) is 0.810. The van der Waals surface area contributed by atoms with E-state index in [2.05, 4.69) is 30.1 Å². The fourth-order valence-electron chi connectivity index (χ4n) is 3.27. The molecule has 4 heteroatoms. The van der Waals surface area contributed by atoms with E-state index in [1.807, 2.05) is 42.5 Å². The number of amides is 1. The van der Waals surface area contributed by atoms with E-state index < -0.39 is 0 Å². The Morgan fingerprint density at radius 3 is 2.42 bits per heavy atom. The summed E-state index contributed by atoms with van der Waals surface area (Å²) in [7, 11) is 0. The Hall–Kier alpha value is -2.49. The highest BCUT2D eigenvalue weighted by atomic mass is 16.5. The minimum atomic E-state index is -0.137. The molecular weight excluding hydrogens is 324 g/mol. The number of nitrogens with one attached hydrogen (secondary N) is 1. The van der Waals surface area contributed by atoms with Crippen LogP contribution in [0.15, 0.2) is 48.5 Å². The van der Waals surface area contributed by atoms with Gasteiger partial charge in [-0.3, -0.25) is 4.79 Å². The van der Waals surface area contributed by atoms with Crippen molar-refractivity contribution in [3.8, 4) is 5.75 Å². The van der Waals surface area contributed by atoms with Gasteiger partial charge < -0.3 is 15.0 Å². The number of piperidine rings is 1. The fourth-order valence-corrected chi connectivity index (χ4v) is 3.27. The zero-order chi connectivity index (χ0) is 18.4. The predicted molar refractivity (Wildman–Crippen MR) is 107 cm³/mol. The standard InChI is InChI=1S/C22H28N2O2/c1-17(2)18-10-12-19(13-11-18)26-16-22(25)23-20-8-4-5-9-21(20)24-14-6-3-7-15-24/h4-5,8-13,17H,3,6-7,14-16H2,1-2H3,(H,23,25). The molecule has 138 valence electrons. The summed E-state index contributed by atoms with van der Waals surface area (Å²) in [6.45, 7) is 6.42. The fraction of sp³-hybridized carbons (Fsp3) is 0.409. The lowest BCUT2D eigenvalue weighted by Crippen LogP contribution is -2.30.